The lowest BCUT2D eigenvalue weighted by Crippen LogP contribution is -2.32. The van der Waals surface area contributed by atoms with Crippen LogP contribution >= 0.6 is 0 Å². The number of nitrogens with one attached hydrogen (secondary N) is 1. The van der Waals surface area contributed by atoms with Crippen LogP contribution in [0.25, 0.3) is 0 Å². The van der Waals surface area contributed by atoms with Gasteiger partial charge in [0, 0.05) is 17.9 Å². The van der Waals surface area contributed by atoms with Crippen LogP contribution in [0.15, 0.2) is 0 Å². The van der Waals surface area contributed by atoms with Crippen LogP contribution in [-0.2, 0) is 0 Å². The standard InChI is InChI=1S/C15H30N2/c1-7-17(8-2)13-11-14(16-6)10-9-12-15(3,4)5/h14,16H,7-8,10-11,13H2,1-6H3. The van der Waals surface area contributed by atoms with Crippen molar-refractivity contribution in [1.82, 2.24) is 10.2 Å². The molecule has 0 saturated heterocycles. The molecule has 2 nitrogen and oxygen atoms in total. The van der Waals surface area contributed by atoms with Crippen molar-refractivity contribution in [2.45, 2.75) is 53.5 Å². The van der Waals surface area contributed by atoms with E-state index in [1.54, 1.807) is 0 Å². The molecule has 1 unspecified atom stereocenters. The molecular weight excluding hydrogens is 208 g/mol. The fourth-order valence-corrected chi connectivity index (χ4v) is 1.67. The molecule has 2 heteroatoms. The van der Waals surface area contributed by atoms with Gasteiger partial charge in [-0.05, 0) is 53.9 Å². The van der Waals surface area contributed by atoms with Crippen molar-refractivity contribution in [3.05, 3.63) is 0 Å². The van der Waals surface area contributed by atoms with Crippen molar-refractivity contribution in [3.8, 4) is 11.8 Å². The lowest BCUT2D eigenvalue weighted by Gasteiger charge is -2.21. The fraction of sp³-hybridized carbons (Fsp3) is 0.867. The van der Waals surface area contributed by atoms with Crippen LogP contribution in [0.1, 0.15) is 47.5 Å². The van der Waals surface area contributed by atoms with Crippen molar-refractivity contribution in [3.63, 3.8) is 0 Å². The summed E-state index contributed by atoms with van der Waals surface area (Å²) < 4.78 is 0. The molecule has 0 spiro atoms. The first kappa shape index (κ1) is 16.5. The Kier molecular flexibility index (Phi) is 8.29. The molecule has 0 aliphatic heterocycles. The van der Waals surface area contributed by atoms with Crippen LogP contribution in [0, 0.1) is 17.3 Å². The maximum Gasteiger partial charge on any atom is 0.0243 e. The number of hydrogen-bond acceptors (Lipinski definition) is 2. The van der Waals surface area contributed by atoms with Gasteiger partial charge in [-0.2, -0.15) is 0 Å². The van der Waals surface area contributed by atoms with E-state index in [2.05, 4.69) is 56.7 Å². The number of nitrogens with zero attached hydrogens (tertiary/aromatic N) is 1. The fourth-order valence-electron chi connectivity index (χ4n) is 1.67. The summed E-state index contributed by atoms with van der Waals surface area (Å²) in [4.78, 5) is 2.46. The van der Waals surface area contributed by atoms with Crippen molar-refractivity contribution in [2.24, 2.45) is 5.41 Å². The lowest BCUT2D eigenvalue weighted by atomic mass is 9.97. The molecule has 0 amide bonds. The Morgan fingerprint density at radius 1 is 1.18 bits per heavy atom. The van der Waals surface area contributed by atoms with Crippen LogP contribution in [0.2, 0.25) is 0 Å². The Morgan fingerprint density at radius 3 is 2.18 bits per heavy atom. The second kappa shape index (κ2) is 8.55. The van der Waals surface area contributed by atoms with Crippen molar-refractivity contribution in [1.29, 1.82) is 0 Å². The molecule has 0 fully saturated rings. The third-order valence-corrected chi connectivity index (χ3v) is 2.91. The highest BCUT2D eigenvalue weighted by molar-refractivity contribution is 5.08. The molecule has 17 heavy (non-hydrogen) atoms. The summed E-state index contributed by atoms with van der Waals surface area (Å²) in [6, 6.07) is 0.519. The summed E-state index contributed by atoms with van der Waals surface area (Å²) in [5.74, 6) is 6.60. The van der Waals surface area contributed by atoms with Gasteiger partial charge in [0.05, 0.1) is 0 Å². The molecule has 0 radical (unpaired) electrons. The highest BCUT2D eigenvalue weighted by atomic mass is 15.1. The SMILES string of the molecule is CCN(CC)CCC(CC#CC(C)(C)C)NC. The average Bonchev–Trinajstić information content (AvgIpc) is 2.26. The van der Waals surface area contributed by atoms with Gasteiger partial charge >= 0.3 is 0 Å². The van der Waals surface area contributed by atoms with E-state index >= 15 is 0 Å². The highest BCUT2D eigenvalue weighted by Crippen LogP contribution is 2.10. The molecule has 1 atom stereocenters. The van der Waals surface area contributed by atoms with E-state index in [1.165, 1.54) is 6.42 Å². The molecule has 1 N–H and O–H groups in total. The number of hydrogen-bond donors (Lipinski definition) is 1. The quantitative estimate of drug-likeness (QED) is 0.686. The topological polar surface area (TPSA) is 15.3 Å². The summed E-state index contributed by atoms with van der Waals surface area (Å²) in [6.07, 6.45) is 2.13. The van der Waals surface area contributed by atoms with Crippen molar-refractivity contribution >= 4 is 0 Å². The van der Waals surface area contributed by atoms with Gasteiger partial charge in [0.2, 0.25) is 0 Å². The molecule has 0 aliphatic rings. The summed E-state index contributed by atoms with van der Waals surface area (Å²) in [5, 5.41) is 3.36. The molecule has 0 aromatic carbocycles. The van der Waals surface area contributed by atoms with Crippen LogP contribution in [-0.4, -0.2) is 37.6 Å². The zero-order valence-corrected chi connectivity index (χ0v) is 12.6. The van der Waals surface area contributed by atoms with Gasteiger partial charge in [0.25, 0.3) is 0 Å². The van der Waals surface area contributed by atoms with Crippen molar-refractivity contribution in [2.75, 3.05) is 26.7 Å². The molecule has 0 aromatic rings. The Hall–Kier alpha value is -0.520. The molecule has 0 saturated carbocycles. The molecule has 0 rings (SSSR count). The predicted octanol–water partition coefficient (Wildman–Crippen LogP) is 2.75. The van der Waals surface area contributed by atoms with Crippen LogP contribution in [0.5, 0.6) is 0 Å². The van der Waals surface area contributed by atoms with Gasteiger partial charge in [-0.15, -0.1) is 5.92 Å². The molecule has 0 heterocycles. The first-order chi connectivity index (χ1) is 7.92. The maximum absolute atomic E-state index is 3.36. The Labute approximate surface area is 108 Å². The molecule has 0 aromatic heterocycles. The van der Waals surface area contributed by atoms with Crippen LogP contribution in [0.3, 0.4) is 0 Å². The Bertz CT molecular complexity index is 238. The molecule has 0 bridgehead atoms. The van der Waals surface area contributed by atoms with E-state index in [9.17, 15) is 0 Å². The third kappa shape index (κ3) is 9.21. The van der Waals surface area contributed by atoms with Gasteiger partial charge in [-0.3, -0.25) is 0 Å². The van der Waals surface area contributed by atoms with E-state index < -0.39 is 0 Å². The maximum atomic E-state index is 3.36. The molecule has 100 valence electrons. The zero-order valence-electron chi connectivity index (χ0n) is 12.6. The first-order valence-electron chi connectivity index (χ1n) is 6.82. The van der Waals surface area contributed by atoms with Crippen LogP contribution in [0.4, 0.5) is 0 Å². The minimum Gasteiger partial charge on any atom is -0.316 e. The smallest absolute Gasteiger partial charge is 0.0243 e. The largest absolute Gasteiger partial charge is 0.316 e. The van der Waals surface area contributed by atoms with Crippen molar-refractivity contribution < 1.29 is 0 Å². The minimum atomic E-state index is 0.122. The first-order valence-corrected chi connectivity index (χ1v) is 6.82. The summed E-state index contributed by atoms with van der Waals surface area (Å²) in [5.41, 5.74) is 0.122. The van der Waals surface area contributed by atoms with Gasteiger partial charge in [-0.1, -0.05) is 19.8 Å². The van der Waals surface area contributed by atoms with E-state index in [0.717, 1.165) is 26.1 Å². The monoisotopic (exact) mass is 238 g/mol. The van der Waals surface area contributed by atoms with E-state index in [1.807, 2.05) is 7.05 Å². The highest BCUT2D eigenvalue weighted by Gasteiger charge is 2.08. The molecular formula is C15H30N2. The van der Waals surface area contributed by atoms with E-state index in [-0.39, 0.29) is 5.41 Å². The summed E-state index contributed by atoms with van der Waals surface area (Å²) in [6.45, 7) is 14.4. The van der Waals surface area contributed by atoms with Gasteiger partial charge in [0.1, 0.15) is 0 Å². The van der Waals surface area contributed by atoms with E-state index in [0.29, 0.717) is 6.04 Å². The van der Waals surface area contributed by atoms with Gasteiger partial charge in [-0.25, -0.2) is 0 Å². The minimum absolute atomic E-state index is 0.122. The normalized spacial score (nSPS) is 13.4. The van der Waals surface area contributed by atoms with Crippen LogP contribution < -0.4 is 5.32 Å². The van der Waals surface area contributed by atoms with Gasteiger partial charge < -0.3 is 10.2 Å². The summed E-state index contributed by atoms with van der Waals surface area (Å²) in [7, 11) is 2.03. The molecule has 0 aliphatic carbocycles. The second-order valence-electron chi connectivity index (χ2n) is 5.56. The van der Waals surface area contributed by atoms with E-state index in [4.69, 9.17) is 0 Å². The van der Waals surface area contributed by atoms with Gasteiger partial charge in [0.15, 0.2) is 0 Å². The zero-order chi connectivity index (χ0) is 13.3. The average molecular weight is 238 g/mol. The lowest BCUT2D eigenvalue weighted by molar-refractivity contribution is 0.284. The Balaban J connectivity index is 4.03. The predicted molar refractivity (Wildman–Crippen MR) is 77.1 cm³/mol. The second-order valence-corrected chi connectivity index (χ2v) is 5.56. The summed E-state index contributed by atoms with van der Waals surface area (Å²) >= 11 is 0. The number of rotatable bonds is 7. The Morgan fingerprint density at radius 2 is 1.76 bits per heavy atom. The third-order valence-electron chi connectivity index (χ3n) is 2.91.